The molecule has 2 atom stereocenters. The van der Waals surface area contributed by atoms with E-state index in [1.807, 2.05) is 54.9 Å². The lowest BCUT2D eigenvalue weighted by molar-refractivity contribution is -0.125. The number of benzene rings is 1. The zero-order valence-corrected chi connectivity index (χ0v) is 15.4. The fourth-order valence-electron chi connectivity index (χ4n) is 3.68. The standard InChI is InChI=1S/C20H25N3O3/c1-13-16(9-18(22(13)3)14-7-5-4-6-8-14)20(26)23-10-15(12-24)17(11-23)19(25)21-2/h4-9,15,17,24H,10-12H2,1-3H3,(H,21,25)/t15-,17+/m0/s1. The Morgan fingerprint density at radius 1 is 1.23 bits per heavy atom. The summed E-state index contributed by atoms with van der Waals surface area (Å²) >= 11 is 0. The fraction of sp³-hybridized carbons (Fsp3) is 0.400. The molecule has 26 heavy (non-hydrogen) atoms. The first-order chi connectivity index (χ1) is 12.5. The van der Waals surface area contributed by atoms with Crippen LogP contribution in [0, 0.1) is 18.8 Å². The Hall–Kier alpha value is -2.60. The van der Waals surface area contributed by atoms with Gasteiger partial charge in [0.2, 0.25) is 5.91 Å². The molecule has 2 heterocycles. The van der Waals surface area contributed by atoms with Gasteiger partial charge in [-0.25, -0.2) is 0 Å². The van der Waals surface area contributed by atoms with Crippen molar-refractivity contribution in [2.24, 2.45) is 18.9 Å². The van der Waals surface area contributed by atoms with E-state index >= 15 is 0 Å². The van der Waals surface area contributed by atoms with Crippen LogP contribution >= 0.6 is 0 Å². The summed E-state index contributed by atoms with van der Waals surface area (Å²) in [4.78, 5) is 26.8. The number of nitrogens with one attached hydrogen (secondary N) is 1. The Bertz CT molecular complexity index is 813. The van der Waals surface area contributed by atoms with Crippen LogP contribution in [0.5, 0.6) is 0 Å². The minimum atomic E-state index is -0.369. The summed E-state index contributed by atoms with van der Waals surface area (Å²) in [6.07, 6.45) is 0. The largest absolute Gasteiger partial charge is 0.396 e. The van der Waals surface area contributed by atoms with Crippen molar-refractivity contribution in [2.75, 3.05) is 26.7 Å². The molecule has 138 valence electrons. The normalized spacial score (nSPS) is 19.6. The smallest absolute Gasteiger partial charge is 0.255 e. The van der Waals surface area contributed by atoms with Crippen molar-refractivity contribution in [1.29, 1.82) is 0 Å². The second-order valence-electron chi connectivity index (χ2n) is 6.83. The van der Waals surface area contributed by atoms with Crippen LogP contribution in [-0.2, 0) is 11.8 Å². The van der Waals surface area contributed by atoms with Crippen molar-refractivity contribution in [3.8, 4) is 11.3 Å². The molecule has 1 aromatic carbocycles. The van der Waals surface area contributed by atoms with Crippen LogP contribution in [0.1, 0.15) is 16.1 Å². The number of aliphatic hydroxyl groups excluding tert-OH is 1. The second kappa shape index (κ2) is 7.33. The van der Waals surface area contributed by atoms with E-state index in [1.165, 1.54) is 0 Å². The van der Waals surface area contributed by atoms with Gasteiger partial charge in [0.1, 0.15) is 0 Å². The topological polar surface area (TPSA) is 74.6 Å². The minimum absolute atomic E-state index is 0.0925. The molecule has 1 aromatic heterocycles. The summed E-state index contributed by atoms with van der Waals surface area (Å²) in [6.45, 7) is 2.54. The van der Waals surface area contributed by atoms with Crippen LogP contribution in [-0.4, -0.2) is 53.1 Å². The Balaban J connectivity index is 1.88. The summed E-state index contributed by atoms with van der Waals surface area (Å²) in [5, 5.41) is 12.2. The highest BCUT2D eigenvalue weighted by atomic mass is 16.3. The molecular weight excluding hydrogens is 330 g/mol. The molecule has 1 aliphatic rings. The molecule has 3 rings (SSSR count). The van der Waals surface area contributed by atoms with E-state index in [2.05, 4.69) is 5.32 Å². The van der Waals surface area contributed by atoms with Crippen LogP contribution in [0.15, 0.2) is 36.4 Å². The van der Waals surface area contributed by atoms with E-state index in [0.29, 0.717) is 18.7 Å². The molecule has 0 unspecified atom stereocenters. The number of amides is 2. The van der Waals surface area contributed by atoms with E-state index in [4.69, 9.17) is 0 Å². The molecule has 6 heteroatoms. The van der Waals surface area contributed by atoms with Gasteiger partial charge in [-0.2, -0.15) is 0 Å². The Labute approximate surface area is 153 Å². The van der Waals surface area contributed by atoms with Gasteiger partial charge in [-0.1, -0.05) is 30.3 Å². The lowest BCUT2D eigenvalue weighted by atomic mass is 9.96. The number of carbonyl (C=O) groups is 2. The van der Waals surface area contributed by atoms with Gasteiger partial charge in [0.25, 0.3) is 5.91 Å². The van der Waals surface area contributed by atoms with Crippen molar-refractivity contribution in [3.63, 3.8) is 0 Å². The molecule has 0 aliphatic carbocycles. The number of nitrogens with zero attached hydrogens (tertiary/aromatic N) is 2. The quantitative estimate of drug-likeness (QED) is 0.871. The summed E-state index contributed by atoms with van der Waals surface area (Å²) in [7, 11) is 3.52. The molecular formula is C20H25N3O3. The second-order valence-corrected chi connectivity index (χ2v) is 6.83. The number of rotatable bonds is 4. The van der Waals surface area contributed by atoms with Gasteiger partial charge in [-0.15, -0.1) is 0 Å². The summed E-state index contributed by atoms with van der Waals surface area (Å²) < 4.78 is 2.01. The average Bonchev–Trinajstić information content (AvgIpc) is 3.23. The number of hydrogen-bond acceptors (Lipinski definition) is 3. The molecule has 1 aliphatic heterocycles. The Kier molecular flexibility index (Phi) is 5.13. The van der Waals surface area contributed by atoms with E-state index < -0.39 is 0 Å². The van der Waals surface area contributed by atoms with Crippen molar-refractivity contribution in [2.45, 2.75) is 6.92 Å². The number of hydrogen-bond donors (Lipinski definition) is 2. The van der Waals surface area contributed by atoms with Crippen molar-refractivity contribution >= 4 is 11.8 Å². The highest BCUT2D eigenvalue weighted by molar-refractivity contribution is 5.97. The zero-order valence-electron chi connectivity index (χ0n) is 15.4. The van der Waals surface area contributed by atoms with Gasteiger partial charge in [0.05, 0.1) is 11.5 Å². The van der Waals surface area contributed by atoms with E-state index in [-0.39, 0.29) is 30.3 Å². The maximum Gasteiger partial charge on any atom is 0.255 e. The first-order valence-corrected chi connectivity index (χ1v) is 8.81. The predicted molar refractivity (Wildman–Crippen MR) is 99.6 cm³/mol. The lowest BCUT2D eigenvalue weighted by Crippen LogP contribution is -2.34. The van der Waals surface area contributed by atoms with Crippen LogP contribution in [0.4, 0.5) is 0 Å². The number of likely N-dealkylation sites (tertiary alicyclic amines) is 1. The first-order valence-electron chi connectivity index (χ1n) is 8.81. The molecule has 0 bridgehead atoms. The maximum absolute atomic E-state index is 13.1. The van der Waals surface area contributed by atoms with Crippen molar-refractivity contribution in [3.05, 3.63) is 47.7 Å². The SMILES string of the molecule is CNC(=O)[C@@H]1CN(C(=O)c2cc(-c3ccccc3)n(C)c2C)C[C@H]1CO. The first kappa shape index (κ1) is 18.2. The van der Waals surface area contributed by atoms with Crippen LogP contribution in [0.25, 0.3) is 11.3 Å². The maximum atomic E-state index is 13.1. The average molecular weight is 355 g/mol. The van der Waals surface area contributed by atoms with Gasteiger partial charge in [-0.3, -0.25) is 9.59 Å². The summed E-state index contributed by atoms with van der Waals surface area (Å²) in [5.74, 6) is -0.817. The zero-order chi connectivity index (χ0) is 18.8. The molecule has 6 nitrogen and oxygen atoms in total. The third kappa shape index (κ3) is 3.12. The van der Waals surface area contributed by atoms with Crippen LogP contribution in [0.3, 0.4) is 0 Å². The van der Waals surface area contributed by atoms with E-state index in [1.54, 1.807) is 11.9 Å². The molecule has 2 aromatic rings. The van der Waals surface area contributed by atoms with Crippen molar-refractivity contribution in [1.82, 2.24) is 14.8 Å². The highest BCUT2D eigenvalue weighted by Crippen LogP contribution is 2.29. The van der Waals surface area contributed by atoms with Gasteiger partial charge in [0.15, 0.2) is 0 Å². The highest BCUT2D eigenvalue weighted by Gasteiger charge is 2.39. The molecule has 1 saturated heterocycles. The van der Waals surface area contributed by atoms with Gasteiger partial charge < -0.3 is 19.9 Å². The summed E-state index contributed by atoms with van der Waals surface area (Å²) in [6, 6.07) is 11.8. The Morgan fingerprint density at radius 3 is 2.54 bits per heavy atom. The van der Waals surface area contributed by atoms with Gasteiger partial charge in [0, 0.05) is 51.1 Å². The van der Waals surface area contributed by atoms with Crippen LogP contribution < -0.4 is 5.32 Å². The van der Waals surface area contributed by atoms with Gasteiger partial charge >= 0.3 is 0 Å². The molecule has 0 radical (unpaired) electrons. The molecule has 2 N–H and O–H groups in total. The number of aliphatic hydroxyl groups is 1. The third-order valence-electron chi connectivity index (χ3n) is 5.38. The molecule has 0 spiro atoms. The van der Waals surface area contributed by atoms with Crippen molar-refractivity contribution < 1.29 is 14.7 Å². The molecule has 0 saturated carbocycles. The van der Waals surface area contributed by atoms with Crippen LogP contribution in [0.2, 0.25) is 0 Å². The fourth-order valence-corrected chi connectivity index (χ4v) is 3.68. The monoisotopic (exact) mass is 355 g/mol. The third-order valence-corrected chi connectivity index (χ3v) is 5.38. The molecule has 1 fully saturated rings. The molecule has 2 amide bonds. The summed E-state index contributed by atoms with van der Waals surface area (Å²) in [5.41, 5.74) is 3.56. The van der Waals surface area contributed by atoms with Gasteiger partial charge in [-0.05, 0) is 18.6 Å². The number of carbonyl (C=O) groups excluding carboxylic acids is 2. The van der Waals surface area contributed by atoms with E-state index in [9.17, 15) is 14.7 Å². The van der Waals surface area contributed by atoms with E-state index in [0.717, 1.165) is 17.0 Å². The lowest BCUT2D eigenvalue weighted by Gasteiger charge is -2.16. The predicted octanol–water partition coefficient (Wildman–Crippen LogP) is 1.43. The Morgan fingerprint density at radius 2 is 1.92 bits per heavy atom. The minimum Gasteiger partial charge on any atom is -0.396 e. The number of aromatic nitrogens is 1.